The fraction of sp³-hybridized carbons (Fsp3) is 0.200. The van der Waals surface area contributed by atoms with Crippen LogP contribution < -0.4 is 0 Å². The quantitative estimate of drug-likeness (QED) is 0.721. The second-order valence-corrected chi connectivity index (χ2v) is 4.78. The highest BCUT2D eigenvalue weighted by Gasteiger charge is 2.12. The number of furan rings is 1. The van der Waals surface area contributed by atoms with Crippen molar-refractivity contribution in [2.75, 3.05) is 7.05 Å². The Bertz CT molecular complexity index is 692. The molecule has 2 aromatic heterocycles. The van der Waals surface area contributed by atoms with Crippen LogP contribution in [0.1, 0.15) is 11.5 Å². The van der Waals surface area contributed by atoms with Gasteiger partial charge in [0.2, 0.25) is 5.89 Å². The lowest BCUT2D eigenvalue weighted by molar-refractivity contribution is 0.282. The van der Waals surface area contributed by atoms with Gasteiger partial charge in [-0.2, -0.15) is 0 Å². The van der Waals surface area contributed by atoms with Crippen molar-refractivity contribution in [1.82, 2.24) is 15.1 Å². The van der Waals surface area contributed by atoms with Crippen LogP contribution in [-0.2, 0) is 13.1 Å². The lowest BCUT2D eigenvalue weighted by Gasteiger charge is -2.14. The predicted molar refractivity (Wildman–Crippen MR) is 73.6 cm³/mol. The van der Waals surface area contributed by atoms with Gasteiger partial charge in [-0.15, -0.1) is 10.2 Å². The Morgan fingerprint density at radius 1 is 1.10 bits per heavy atom. The monoisotopic (exact) mass is 287 g/mol. The summed E-state index contributed by atoms with van der Waals surface area (Å²) in [4.78, 5) is 2.01. The van der Waals surface area contributed by atoms with Crippen LogP contribution in [0.4, 0.5) is 4.39 Å². The normalized spacial score (nSPS) is 11.2. The van der Waals surface area contributed by atoms with Crippen molar-refractivity contribution in [1.29, 1.82) is 0 Å². The maximum atomic E-state index is 12.9. The molecule has 0 atom stereocenters. The minimum atomic E-state index is -0.235. The Morgan fingerprint density at radius 2 is 1.90 bits per heavy atom. The van der Waals surface area contributed by atoms with E-state index in [0.29, 0.717) is 30.6 Å². The highest BCUT2D eigenvalue weighted by Crippen LogP contribution is 2.18. The Morgan fingerprint density at radius 3 is 2.62 bits per heavy atom. The summed E-state index contributed by atoms with van der Waals surface area (Å²) < 4.78 is 23.6. The van der Waals surface area contributed by atoms with Crippen LogP contribution in [0, 0.1) is 5.82 Å². The molecule has 0 aliphatic carbocycles. The summed E-state index contributed by atoms with van der Waals surface area (Å²) in [6.07, 6.45) is 1.56. The maximum absolute atomic E-state index is 12.9. The average Bonchev–Trinajstić information content (AvgIpc) is 3.12. The first-order chi connectivity index (χ1) is 10.2. The van der Waals surface area contributed by atoms with Crippen molar-refractivity contribution in [2.45, 2.75) is 13.1 Å². The highest BCUT2D eigenvalue weighted by molar-refractivity contribution is 5.42. The summed E-state index contributed by atoms with van der Waals surface area (Å²) in [6.45, 7) is 1.17. The molecule has 6 heteroatoms. The van der Waals surface area contributed by atoms with Gasteiger partial charge in [0.15, 0.2) is 5.76 Å². The average molecular weight is 287 g/mol. The zero-order chi connectivity index (χ0) is 14.7. The summed E-state index contributed by atoms with van der Waals surface area (Å²) in [5.74, 6) is 1.19. The molecule has 0 saturated carbocycles. The number of benzene rings is 1. The van der Waals surface area contributed by atoms with Crippen LogP contribution in [0.2, 0.25) is 0 Å². The molecule has 0 radical (unpaired) electrons. The first-order valence-electron chi connectivity index (χ1n) is 6.50. The summed E-state index contributed by atoms with van der Waals surface area (Å²) >= 11 is 0. The summed E-state index contributed by atoms with van der Waals surface area (Å²) in [7, 11) is 1.93. The van der Waals surface area contributed by atoms with Crippen LogP contribution >= 0.6 is 0 Å². The lowest BCUT2D eigenvalue weighted by atomic mass is 10.2. The van der Waals surface area contributed by atoms with Crippen molar-refractivity contribution in [3.05, 3.63) is 59.9 Å². The molecule has 2 heterocycles. The highest BCUT2D eigenvalue weighted by atomic mass is 19.1. The second kappa shape index (κ2) is 5.88. The molecular formula is C15H14FN3O2. The van der Waals surface area contributed by atoms with Gasteiger partial charge in [0.05, 0.1) is 12.8 Å². The van der Waals surface area contributed by atoms with Gasteiger partial charge < -0.3 is 8.83 Å². The van der Waals surface area contributed by atoms with E-state index in [1.807, 2.05) is 11.9 Å². The summed E-state index contributed by atoms with van der Waals surface area (Å²) in [6, 6.07) is 9.94. The minimum Gasteiger partial charge on any atom is -0.459 e. The van der Waals surface area contributed by atoms with Crippen molar-refractivity contribution in [2.24, 2.45) is 0 Å². The Kier molecular flexibility index (Phi) is 3.79. The minimum absolute atomic E-state index is 0.235. The van der Waals surface area contributed by atoms with Gasteiger partial charge in [-0.1, -0.05) is 12.1 Å². The molecule has 0 saturated heterocycles. The topological polar surface area (TPSA) is 55.3 Å². The predicted octanol–water partition coefficient (Wildman–Crippen LogP) is 3.10. The van der Waals surface area contributed by atoms with Gasteiger partial charge in [-0.3, -0.25) is 4.90 Å². The van der Waals surface area contributed by atoms with Gasteiger partial charge in [-0.05, 0) is 36.9 Å². The molecule has 1 aromatic carbocycles. The second-order valence-electron chi connectivity index (χ2n) is 4.78. The smallest absolute Gasteiger partial charge is 0.283 e. The SMILES string of the molecule is CN(Cc1ccc(F)cc1)Cc1nnc(-c2ccco2)o1. The Hall–Kier alpha value is -2.47. The first-order valence-corrected chi connectivity index (χ1v) is 6.50. The third kappa shape index (κ3) is 3.35. The fourth-order valence-corrected chi connectivity index (χ4v) is 2.01. The fourth-order valence-electron chi connectivity index (χ4n) is 2.01. The van der Waals surface area contributed by atoms with E-state index in [4.69, 9.17) is 8.83 Å². The molecule has 108 valence electrons. The number of hydrogen-bond acceptors (Lipinski definition) is 5. The van der Waals surface area contributed by atoms with Crippen LogP contribution in [0.5, 0.6) is 0 Å². The van der Waals surface area contributed by atoms with E-state index < -0.39 is 0 Å². The first kappa shape index (κ1) is 13.5. The van der Waals surface area contributed by atoms with Crippen LogP contribution in [0.25, 0.3) is 11.7 Å². The number of rotatable bonds is 5. The zero-order valence-electron chi connectivity index (χ0n) is 11.5. The van der Waals surface area contributed by atoms with E-state index in [-0.39, 0.29) is 5.82 Å². The largest absolute Gasteiger partial charge is 0.459 e. The number of hydrogen-bond donors (Lipinski definition) is 0. The third-order valence-electron chi connectivity index (χ3n) is 2.97. The van der Waals surface area contributed by atoms with E-state index in [1.165, 1.54) is 12.1 Å². The van der Waals surface area contributed by atoms with E-state index in [2.05, 4.69) is 10.2 Å². The van der Waals surface area contributed by atoms with Crippen molar-refractivity contribution in [3.8, 4) is 11.7 Å². The summed E-state index contributed by atoms with van der Waals surface area (Å²) in [5.41, 5.74) is 1.02. The number of nitrogens with zero attached hydrogens (tertiary/aromatic N) is 3. The molecule has 0 amide bonds. The molecule has 3 aromatic rings. The van der Waals surface area contributed by atoms with Crippen LogP contribution in [0.15, 0.2) is 51.5 Å². The Labute approximate surface area is 121 Å². The van der Waals surface area contributed by atoms with Crippen molar-refractivity contribution in [3.63, 3.8) is 0 Å². The molecular weight excluding hydrogens is 273 g/mol. The maximum Gasteiger partial charge on any atom is 0.283 e. The molecule has 0 fully saturated rings. The summed E-state index contributed by atoms with van der Waals surface area (Å²) in [5, 5.41) is 7.93. The van der Waals surface area contributed by atoms with Crippen molar-refractivity contribution < 1.29 is 13.2 Å². The Balaban J connectivity index is 1.62. The van der Waals surface area contributed by atoms with Gasteiger partial charge in [0, 0.05) is 6.54 Å². The van der Waals surface area contributed by atoms with Gasteiger partial charge in [-0.25, -0.2) is 4.39 Å². The zero-order valence-corrected chi connectivity index (χ0v) is 11.5. The molecule has 3 rings (SSSR count). The van der Waals surface area contributed by atoms with E-state index in [0.717, 1.165) is 5.56 Å². The van der Waals surface area contributed by atoms with E-state index in [1.54, 1.807) is 30.5 Å². The van der Waals surface area contributed by atoms with Crippen LogP contribution in [0.3, 0.4) is 0 Å². The lowest BCUT2D eigenvalue weighted by Crippen LogP contribution is -2.17. The standard InChI is InChI=1S/C15H14FN3O2/c1-19(9-11-4-6-12(16)7-5-11)10-14-17-18-15(21-14)13-3-2-8-20-13/h2-8H,9-10H2,1H3. The van der Waals surface area contributed by atoms with Gasteiger partial charge in [0.1, 0.15) is 5.82 Å². The molecule has 0 unspecified atom stereocenters. The molecule has 0 spiro atoms. The van der Waals surface area contributed by atoms with Gasteiger partial charge in [0.25, 0.3) is 5.89 Å². The van der Waals surface area contributed by atoms with E-state index >= 15 is 0 Å². The van der Waals surface area contributed by atoms with Crippen molar-refractivity contribution >= 4 is 0 Å². The molecule has 0 N–H and O–H groups in total. The molecule has 0 aliphatic rings. The molecule has 0 aliphatic heterocycles. The van der Waals surface area contributed by atoms with E-state index in [9.17, 15) is 4.39 Å². The number of aromatic nitrogens is 2. The molecule has 0 bridgehead atoms. The van der Waals surface area contributed by atoms with Crippen LogP contribution in [-0.4, -0.2) is 22.1 Å². The number of halogens is 1. The molecule has 21 heavy (non-hydrogen) atoms. The molecule has 5 nitrogen and oxygen atoms in total. The van der Waals surface area contributed by atoms with Gasteiger partial charge >= 0.3 is 0 Å². The third-order valence-corrected chi connectivity index (χ3v) is 2.97.